The Labute approximate surface area is 82.4 Å². The van der Waals surface area contributed by atoms with Crippen molar-refractivity contribution in [3.63, 3.8) is 0 Å². The standard InChI is InChI=1S/C9H14N2O3/c1-3-14-5-4-8-10-6-7(11-8)9(12)13-2/h6H,3-5H2,1-2H3,(H,10,11). The Bertz CT molecular complexity index is 296. The molecule has 0 aromatic carbocycles. The zero-order chi connectivity index (χ0) is 10.4. The van der Waals surface area contributed by atoms with Crippen LogP contribution in [-0.4, -0.2) is 36.3 Å². The van der Waals surface area contributed by atoms with Crippen molar-refractivity contribution in [2.24, 2.45) is 0 Å². The Morgan fingerprint density at radius 1 is 1.64 bits per heavy atom. The predicted octanol–water partition coefficient (Wildman–Crippen LogP) is 0.775. The van der Waals surface area contributed by atoms with Gasteiger partial charge in [-0.2, -0.15) is 0 Å². The van der Waals surface area contributed by atoms with Crippen molar-refractivity contribution in [2.75, 3.05) is 20.3 Å². The molecule has 1 rings (SSSR count). The third-order valence-corrected chi connectivity index (χ3v) is 1.72. The van der Waals surface area contributed by atoms with Crippen LogP contribution in [0.3, 0.4) is 0 Å². The molecule has 5 nitrogen and oxygen atoms in total. The summed E-state index contributed by atoms with van der Waals surface area (Å²) in [5, 5.41) is 0. The Morgan fingerprint density at radius 3 is 3.07 bits per heavy atom. The van der Waals surface area contributed by atoms with E-state index >= 15 is 0 Å². The normalized spacial score (nSPS) is 10.1. The third-order valence-electron chi connectivity index (χ3n) is 1.72. The minimum atomic E-state index is -0.403. The number of ether oxygens (including phenoxy) is 2. The molecule has 0 aliphatic heterocycles. The lowest BCUT2D eigenvalue weighted by atomic mass is 10.4. The van der Waals surface area contributed by atoms with Crippen molar-refractivity contribution in [1.82, 2.24) is 9.97 Å². The molecule has 0 fully saturated rings. The number of hydrogen-bond donors (Lipinski definition) is 1. The topological polar surface area (TPSA) is 64.2 Å². The molecule has 1 aromatic rings. The average molecular weight is 198 g/mol. The largest absolute Gasteiger partial charge is 0.464 e. The summed E-state index contributed by atoms with van der Waals surface area (Å²) >= 11 is 0. The number of rotatable bonds is 5. The van der Waals surface area contributed by atoms with E-state index in [-0.39, 0.29) is 0 Å². The minimum absolute atomic E-state index is 0.374. The van der Waals surface area contributed by atoms with Gasteiger partial charge < -0.3 is 14.5 Å². The maximum absolute atomic E-state index is 11.0. The Balaban J connectivity index is 2.46. The molecule has 1 aromatic heterocycles. The molecule has 0 aliphatic carbocycles. The fourth-order valence-corrected chi connectivity index (χ4v) is 1.02. The van der Waals surface area contributed by atoms with Crippen LogP contribution in [-0.2, 0) is 15.9 Å². The van der Waals surface area contributed by atoms with E-state index in [4.69, 9.17) is 4.74 Å². The maximum atomic E-state index is 11.0. The smallest absolute Gasteiger partial charge is 0.356 e. The lowest BCUT2D eigenvalue weighted by molar-refractivity contribution is 0.0594. The third kappa shape index (κ3) is 2.85. The molecular weight excluding hydrogens is 184 g/mol. The lowest BCUT2D eigenvalue weighted by Crippen LogP contribution is -2.03. The van der Waals surface area contributed by atoms with Gasteiger partial charge in [-0.15, -0.1) is 0 Å². The molecule has 1 heterocycles. The van der Waals surface area contributed by atoms with E-state index in [1.807, 2.05) is 6.92 Å². The van der Waals surface area contributed by atoms with Crippen LogP contribution in [0, 0.1) is 0 Å². The van der Waals surface area contributed by atoms with Gasteiger partial charge in [-0.05, 0) is 6.92 Å². The molecule has 0 bridgehead atoms. The molecule has 1 N–H and O–H groups in total. The second-order valence-corrected chi connectivity index (χ2v) is 2.68. The monoisotopic (exact) mass is 198 g/mol. The van der Waals surface area contributed by atoms with Gasteiger partial charge in [0.2, 0.25) is 0 Å². The quantitative estimate of drug-likeness (QED) is 0.560. The SMILES string of the molecule is CCOCCc1ncc(C(=O)OC)[nH]1. The first-order chi connectivity index (χ1) is 6.77. The van der Waals surface area contributed by atoms with Crippen molar-refractivity contribution in [3.05, 3.63) is 17.7 Å². The number of carbonyl (C=O) groups excluding carboxylic acids is 1. The molecule has 0 radical (unpaired) electrons. The van der Waals surface area contributed by atoms with Crippen LogP contribution >= 0.6 is 0 Å². The second kappa shape index (κ2) is 5.39. The molecule has 14 heavy (non-hydrogen) atoms. The first-order valence-electron chi connectivity index (χ1n) is 4.47. The van der Waals surface area contributed by atoms with Crippen molar-refractivity contribution in [1.29, 1.82) is 0 Å². The zero-order valence-electron chi connectivity index (χ0n) is 8.37. The number of carbonyl (C=O) groups is 1. The molecule has 0 aliphatic rings. The van der Waals surface area contributed by atoms with Gasteiger partial charge in [0, 0.05) is 13.0 Å². The van der Waals surface area contributed by atoms with E-state index in [1.54, 1.807) is 0 Å². The van der Waals surface area contributed by atoms with Gasteiger partial charge in [-0.1, -0.05) is 0 Å². The zero-order valence-corrected chi connectivity index (χ0v) is 8.37. The van der Waals surface area contributed by atoms with Crippen LogP contribution in [0.25, 0.3) is 0 Å². The van der Waals surface area contributed by atoms with E-state index in [2.05, 4.69) is 14.7 Å². The highest BCUT2D eigenvalue weighted by molar-refractivity contribution is 5.86. The number of nitrogens with zero attached hydrogens (tertiary/aromatic N) is 1. The molecule has 0 atom stereocenters. The highest BCUT2D eigenvalue weighted by atomic mass is 16.5. The van der Waals surface area contributed by atoms with Crippen molar-refractivity contribution >= 4 is 5.97 Å². The van der Waals surface area contributed by atoms with Crippen molar-refractivity contribution in [2.45, 2.75) is 13.3 Å². The summed E-state index contributed by atoms with van der Waals surface area (Å²) < 4.78 is 9.69. The van der Waals surface area contributed by atoms with E-state index in [9.17, 15) is 4.79 Å². The summed E-state index contributed by atoms with van der Waals surface area (Å²) in [5.74, 6) is 0.332. The Kier molecular flexibility index (Phi) is 4.12. The summed E-state index contributed by atoms with van der Waals surface area (Å²) in [5.41, 5.74) is 0.374. The molecule has 0 saturated heterocycles. The summed E-state index contributed by atoms with van der Waals surface area (Å²) in [6.45, 7) is 3.22. The second-order valence-electron chi connectivity index (χ2n) is 2.68. The van der Waals surface area contributed by atoms with Gasteiger partial charge in [0.1, 0.15) is 11.5 Å². The van der Waals surface area contributed by atoms with Gasteiger partial charge in [0.25, 0.3) is 0 Å². The molecule has 0 saturated carbocycles. The fourth-order valence-electron chi connectivity index (χ4n) is 1.02. The van der Waals surface area contributed by atoms with Gasteiger partial charge in [-0.25, -0.2) is 9.78 Å². The number of aromatic nitrogens is 2. The van der Waals surface area contributed by atoms with Crippen molar-refractivity contribution in [3.8, 4) is 0 Å². The van der Waals surface area contributed by atoms with E-state index in [0.29, 0.717) is 25.3 Å². The molecular formula is C9H14N2O3. The van der Waals surface area contributed by atoms with Crippen LogP contribution in [0.4, 0.5) is 0 Å². The average Bonchev–Trinajstić information content (AvgIpc) is 2.66. The molecule has 5 heteroatoms. The molecule has 0 amide bonds. The lowest BCUT2D eigenvalue weighted by Gasteiger charge is -1.97. The predicted molar refractivity (Wildman–Crippen MR) is 50.1 cm³/mol. The van der Waals surface area contributed by atoms with Crippen LogP contribution in [0.2, 0.25) is 0 Å². The number of imidazole rings is 1. The molecule has 78 valence electrons. The van der Waals surface area contributed by atoms with Gasteiger partial charge in [-0.3, -0.25) is 0 Å². The summed E-state index contributed by atoms with van der Waals surface area (Å²) in [6, 6.07) is 0. The van der Waals surface area contributed by atoms with Crippen LogP contribution in [0.15, 0.2) is 6.20 Å². The molecule has 0 spiro atoms. The summed E-state index contributed by atoms with van der Waals surface area (Å²) in [4.78, 5) is 17.9. The minimum Gasteiger partial charge on any atom is -0.464 e. The van der Waals surface area contributed by atoms with Gasteiger partial charge in [0.15, 0.2) is 0 Å². The van der Waals surface area contributed by atoms with Crippen LogP contribution in [0.1, 0.15) is 23.2 Å². The van der Waals surface area contributed by atoms with Crippen LogP contribution < -0.4 is 0 Å². The fraction of sp³-hybridized carbons (Fsp3) is 0.556. The number of hydrogen-bond acceptors (Lipinski definition) is 4. The Morgan fingerprint density at radius 2 is 2.43 bits per heavy atom. The van der Waals surface area contributed by atoms with Crippen molar-refractivity contribution < 1.29 is 14.3 Å². The van der Waals surface area contributed by atoms with E-state index in [0.717, 1.165) is 5.82 Å². The highest BCUT2D eigenvalue weighted by Gasteiger charge is 2.08. The van der Waals surface area contributed by atoms with Crippen LogP contribution in [0.5, 0.6) is 0 Å². The maximum Gasteiger partial charge on any atom is 0.356 e. The highest BCUT2D eigenvalue weighted by Crippen LogP contribution is 1.99. The number of methoxy groups -OCH3 is 1. The number of esters is 1. The first kappa shape index (κ1) is 10.7. The summed E-state index contributed by atoms with van der Waals surface area (Å²) in [7, 11) is 1.34. The number of aromatic amines is 1. The van der Waals surface area contributed by atoms with Gasteiger partial charge in [0.05, 0.1) is 19.9 Å². The number of H-pyrrole nitrogens is 1. The number of nitrogens with one attached hydrogen (secondary N) is 1. The first-order valence-corrected chi connectivity index (χ1v) is 4.47. The molecule has 0 unspecified atom stereocenters. The Hall–Kier alpha value is -1.36. The van der Waals surface area contributed by atoms with E-state index in [1.165, 1.54) is 13.3 Å². The summed E-state index contributed by atoms with van der Waals surface area (Å²) in [6.07, 6.45) is 2.14. The van der Waals surface area contributed by atoms with E-state index < -0.39 is 5.97 Å². The van der Waals surface area contributed by atoms with Gasteiger partial charge >= 0.3 is 5.97 Å².